The van der Waals surface area contributed by atoms with E-state index in [-0.39, 0.29) is 5.91 Å². The lowest BCUT2D eigenvalue weighted by Crippen LogP contribution is -2.29. The van der Waals surface area contributed by atoms with Crippen LogP contribution in [0.1, 0.15) is 12.6 Å². The molecule has 0 unspecified atom stereocenters. The summed E-state index contributed by atoms with van der Waals surface area (Å²) in [6.45, 7) is 5.14. The monoisotopic (exact) mass is 452 g/mol. The van der Waals surface area contributed by atoms with Crippen molar-refractivity contribution in [2.45, 2.75) is 13.8 Å². The Balaban J connectivity index is 1.92. The van der Waals surface area contributed by atoms with Gasteiger partial charge in [-0.2, -0.15) is 5.10 Å². The number of hydrogen-bond donors (Lipinski definition) is 2. The molecule has 0 aliphatic heterocycles. The number of hydrogen-bond acceptors (Lipinski definition) is 8. The zero-order valence-corrected chi connectivity index (χ0v) is 20.3. The summed E-state index contributed by atoms with van der Waals surface area (Å²) in [6, 6.07) is 5.79. The first-order valence-corrected chi connectivity index (χ1v) is 10.6. The van der Waals surface area contributed by atoms with E-state index in [1.165, 1.54) is 6.92 Å². The van der Waals surface area contributed by atoms with Crippen LogP contribution in [-0.2, 0) is 11.8 Å². The largest absolute Gasteiger partial charge is 0.493 e. The van der Waals surface area contributed by atoms with Crippen molar-refractivity contribution >= 4 is 28.9 Å². The van der Waals surface area contributed by atoms with E-state index in [4.69, 9.17) is 4.74 Å². The normalized spacial score (nSPS) is 10.9. The van der Waals surface area contributed by atoms with Crippen LogP contribution in [0.25, 0.3) is 11.3 Å². The molecule has 10 heteroatoms. The highest BCUT2D eigenvalue weighted by Gasteiger charge is 2.16. The van der Waals surface area contributed by atoms with Gasteiger partial charge in [0.1, 0.15) is 5.69 Å². The lowest BCUT2D eigenvalue weighted by Gasteiger charge is -2.24. The van der Waals surface area contributed by atoms with Crippen molar-refractivity contribution in [3.63, 3.8) is 0 Å². The average Bonchev–Trinajstić information content (AvgIpc) is 3.09. The third-order valence-corrected chi connectivity index (χ3v) is 5.10. The van der Waals surface area contributed by atoms with Crippen molar-refractivity contribution < 1.29 is 9.53 Å². The molecule has 3 rings (SSSR count). The Hall–Kier alpha value is -3.66. The molecular formula is C23H32N8O2. The number of methoxy groups -OCH3 is 1. The summed E-state index contributed by atoms with van der Waals surface area (Å²) in [6.07, 6.45) is 3.53. The van der Waals surface area contributed by atoms with Gasteiger partial charge in [0.05, 0.1) is 30.4 Å². The molecule has 0 saturated carbocycles. The maximum Gasteiger partial charge on any atom is 0.227 e. The van der Waals surface area contributed by atoms with Crippen molar-refractivity contribution in [1.82, 2.24) is 24.6 Å². The number of rotatable bonds is 9. The minimum atomic E-state index is -0.135. The molecule has 33 heavy (non-hydrogen) atoms. The van der Waals surface area contributed by atoms with Gasteiger partial charge in [-0.15, -0.1) is 0 Å². The number of benzene rings is 1. The van der Waals surface area contributed by atoms with Crippen LogP contribution in [0.15, 0.2) is 30.6 Å². The Morgan fingerprint density at radius 2 is 1.97 bits per heavy atom. The van der Waals surface area contributed by atoms with Crippen molar-refractivity contribution in [2.75, 3.05) is 56.9 Å². The summed E-state index contributed by atoms with van der Waals surface area (Å²) in [5, 5.41) is 10.6. The fourth-order valence-corrected chi connectivity index (χ4v) is 3.44. The highest BCUT2D eigenvalue weighted by Crippen LogP contribution is 2.32. The van der Waals surface area contributed by atoms with Gasteiger partial charge < -0.3 is 25.2 Å². The summed E-state index contributed by atoms with van der Waals surface area (Å²) in [7, 11) is 9.53. The molecule has 0 aliphatic carbocycles. The topological polar surface area (TPSA) is 100 Å². The highest BCUT2D eigenvalue weighted by molar-refractivity contribution is 5.94. The van der Waals surface area contributed by atoms with Crippen molar-refractivity contribution in [2.24, 2.45) is 7.05 Å². The first-order chi connectivity index (χ1) is 15.7. The zero-order valence-electron chi connectivity index (χ0n) is 20.3. The molecule has 0 bridgehead atoms. The van der Waals surface area contributed by atoms with Crippen molar-refractivity contribution in [3.8, 4) is 17.0 Å². The molecule has 0 fully saturated rings. The number of nitrogens with zero attached hydrogens (tertiary/aromatic N) is 6. The summed E-state index contributed by atoms with van der Waals surface area (Å²) < 4.78 is 7.21. The number of anilines is 4. The second-order valence-electron chi connectivity index (χ2n) is 8.18. The Kier molecular flexibility index (Phi) is 7.49. The van der Waals surface area contributed by atoms with E-state index in [1.54, 1.807) is 18.0 Å². The second-order valence-corrected chi connectivity index (χ2v) is 8.18. The van der Waals surface area contributed by atoms with E-state index in [0.29, 0.717) is 23.1 Å². The Labute approximate surface area is 194 Å². The van der Waals surface area contributed by atoms with Gasteiger partial charge in [-0.05, 0) is 39.2 Å². The van der Waals surface area contributed by atoms with Crippen molar-refractivity contribution in [3.05, 3.63) is 36.3 Å². The van der Waals surface area contributed by atoms with Gasteiger partial charge in [-0.3, -0.25) is 9.48 Å². The third-order valence-electron chi connectivity index (χ3n) is 5.10. The molecule has 2 aromatic heterocycles. The average molecular weight is 453 g/mol. The number of aryl methyl sites for hydroxylation is 2. The third kappa shape index (κ3) is 5.98. The fraction of sp³-hybridized carbons (Fsp3) is 0.391. The van der Waals surface area contributed by atoms with Crippen molar-refractivity contribution in [1.29, 1.82) is 0 Å². The first-order valence-electron chi connectivity index (χ1n) is 10.6. The van der Waals surface area contributed by atoms with Crippen LogP contribution in [0.3, 0.4) is 0 Å². The highest BCUT2D eigenvalue weighted by atomic mass is 16.5. The number of likely N-dealkylation sites (N-methyl/N-ethyl adjacent to an activating group) is 2. The Morgan fingerprint density at radius 3 is 2.58 bits per heavy atom. The van der Waals surface area contributed by atoms with Gasteiger partial charge in [-0.25, -0.2) is 9.97 Å². The van der Waals surface area contributed by atoms with E-state index in [9.17, 15) is 4.79 Å². The molecule has 2 heterocycles. The van der Waals surface area contributed by atoms with E-state index >= 15 is 0 Å². The molecule has 10 nitrogen and oxygen atoms in total. The van der Waals surface area contributed by atoms with Gasteiger partial charge in [0, 0.05) is 51.6 Å². The van der Waals surface area contributed by atoms with E-state index in [2.05, 4.69) is 35.5 Å². The summed E-state index contributed by atoms with van der Waals surface area (Å²) in [5.74, 6) is 0.842. The molecule has 2 N–H and O–H groups in total. The van der Waals surface area contributed by atoms with Gasteiger partial charge in [-0.1, -0.05) is 0 Å². The Morgan fingerprint density at radius 1 is 1.21 bits per heavy atom. The molecular weight excluding hydrogens is 420 g/mol. The smallest absolute Gasteiger partial charge is 0.227 e. The van der Waals surface area contributed by atoms with Gasteiger partial charge in [0.2, 0.25) is 11.9 Å². The molecule has 1 amide bonds. The standard InChI is InChI=1S/C23H32N8O2/c1-15-18(14-31(6)28-15)22-21(33-7)13-24-23(27-22)26-17-8-9-20(19(12-17)25-16(2)32)30(5)11-10-29(3)4/h8-9,12-14H,10-11H2,1-7H3,(H,25,32)(H,24,26,27). The molecule has 176 valence electrons. The maximum atomic E-state index is 11.8. The summed E-state index contributed by atoms with van der Waals surface area (Å²) in [4.78, 5) is 25.1. The number of carbonyl (C=O) groups excluding carboxylic acids is 1. The molecule has 0 aliphatic rings. The van der Waals surface area contributed by atoms with E-state index < -0.39 is 0 Å². The first kappa shape index (κ1) is 24.0. The number of aromatic nitrogens is 4. The van der Waals surface area contributed by atoms with E-state index in [1.807, 2.05) is 59.5 Å². The Bertz CT molecular complexity index is 1130. The molecule has 0 saturated heterocycles. The van der Waals surface area contributed by atoms with Crippen LogP contribution in [0.4, 0.5) is 23.0 Å². The predicted molar refractivity (Wildman–Crippen MR) is 131 cm³/mol. The summed E-state index contributed by atoms with van der Waals surface area (Å²) in [5.41, 5.74) is 4.77. The molecule has 1 aromatic carbocycles. The number of ether oxygens (including phenoxy) is 1. The molecule has 0 radical (unpaired) electrons. The van der Waals surface area contributed by atoms with Crippen LogP contribution in [0.2, 0.25) is 0 Å². The maximum absolute atomic E-state index is 11.8. The lowest BCUT2D eigenvalue weighted by atomic mass is 10.2. The van der Waals surface area contributed by atoms with Crippen LogP contribution in [-0.4, -0.2) is 71.9 Å². The van der Waals surface area contributed by atoms with Crippen LogP contribution in [0.5, 0.6) is 5.75 Å². The minimum Gasteiger partial charge on any atom is -0.493 e. The van der Waals surface area contributed by atoms with Crippen LogP contribution in [0, 0.1) is 6.92 Å². The number of amides is 1. The minimum absolute atomic E-state index is 0.135. The number of carbonyl (C=O) groups is 1. The predicted octanol–water partition coefficient (Wildman–Crippen LogP) is 2.89. The molecule has 0 atom stereocenters. The van der Waals surface area contributed by atoms with Gasteiger partial charge in [0.25, 0.3) is 0 Å². The van der Waals surface area contributed by atoms with Crippen LogP contribution >= 0.6 is 0 Å². The van der Waals surface area contributed by atoms with Gasteiger partial charge in [0.15, 0.2) is 5.75 Å². The van der Waals surface area contributed by atoms with Gasteiger partial charge >= 0.3 is 0 Å². The second kappa shape index (κ2) is 10.3. The zero-order chi connectivity index (χ0) is 24.1. The lowest BCUT2D eigenvalue weighted by molar-refractivity contribution is -0.114. The van der Waals surface area contributed by atoms with Crippen LogP contribution < -0.4 is 20.3 Å². The van der Waals surface area contributed by atoms with E-state index in [0.717, 1.165) is 35.7 Å². The summed E-state index contributed by atoms with van der Waals surface area (Å²) >= 11 is 0. The molecule has 0 spiro atoms. The number of nitrogens with one attached hydrogen (secondary N) is 2. The molecule has 3 aromatic rings. The fourth-order valence-electron chi connectivity index (χ4n) is 3.44. The quantitative estimate of drug-likeness (QED) is 0.511. The SMILES string of the molecule is COc1cnc(Nc2ccc(N(C)CCN(C)C)c(NC(C)=O)c2)nc1-c1cn(C)nc1C.